The van der Waals surface area contributed by atoms with E-state index < -0.39 is 33.0 Å². The average Bonchev–Trinajstić information content (AvgIpc) is 2.06. The standard InChI is InChI=1S/C6H4F3IN2O2S/c7-5(8)4-2(10)1-3(6(9)12-4)15(11,13)14/h1,5H,(H2,11,13,14). The summed E-state index contributed by atoms with van der Waals surface area (Å²) in [7, 11) is -4.29. The monoisotopic (exact) mass is 352 g/mol. The fraction of sp³-hybridized carbons (Fsp3) is 0.167. The van der Waals surface area contributed by atoms with Gasteiger partial charge in [0.1, 0.15) is 10.6 Å². The number of hydrogen-bond donors (Lipinski definition) is 1. The highest BCUT2D eigenvalue weighted by Crippen LogP contribution is 2.25. The Morgan fingerprint density at radius 3 is 2.40 bits per heavy atom. The molecule has 4 nitrogen and oxygen atoms in total. The number of rotatable bonds is 2. The van der Waals surface area contributed by atoms with Crippen LogP contribution in [0.1, 0.15) is 12.1 Å². The van der Waals surface area contributed by atoms with Gasteiger partial charge in [-0.1, -0.05) is 0 Å². The molecule has 0 spiro atoms. The molecule has 0 saturated heterocycles. The van der Waals surface area contributed by atoms with Crippen molar-refractivity contribution in [2.75, 3.05) is 0 Å². The highest BCUT2D eigenvalue weighted by atomic mass is 127. The lowest BCUT2D eigenvalue weighted by molar-refractivity contribution is 0.143. The van der Waals surface area contributed by atoms with Crippen LogP contribution >= 0.6 is 22.6 Å². The zero-order chi connectivity index (χ0) is 11.8. The smallest absolute Gasteiger partial charge is 0.224 e. The number of aromatic nitrogens is 1. The normalized spacial score (nSPS) is 12.1. The first-order valence-electron chi connectivity index (χ1n) is 3.40. The highest BCUT2D eigenvalue weighted by molar-refractivity contribution is 14.1. The van der Waals surface area contributed by atoms with E-state index in [-0.39, 0.29) is 3.57 Å². The number of nitrogens with two attached hydrogens (primary N) is 1. The Balaban J connectivity index is 3.46. The molecule has 0 saturated carbocycles. The minimum Gasteiger partial charge on any atom is -0.224 e. The molecule has 0 aliphatic heterocycles. The Morgan fingerprint density at radius 2 is 2.00 bits per heavy atom. The van der Waals surface area contributed by atoms with Crippen molar-refractivity contribution in [3.05, 3.63) is 21.3 Å². The highest BCUT2D eigenvalue weighted by Gasteiger charge is 2.22. The fourth-order valence-corrected chi connectivity index (χ4v) is 2.26. The first-order valence-corrected chi connectivity index (χ1v) is 6.03. The van der Waals surface area contributed by atoms with E-state index in [0.717, 1.165) is 6.07 Å². The topological polar surface area (TPSA) is 73.1 Å². The van der Waals surface area contributed by atoms with Crippen molar-refractivity contribution < 1.29 is 21.6 Å². The Hall–Kier alpha value is -0.420. The summed E-state index contributed by atoms with van der Waals surface area (Å²) in [6.07, 6.45) is -2.97. The quantitative estimate of drug-likeness (QED) is 0.646. The van der Waals surface area contributed by atoms with Crippen LogP contribution in [0.4, 0.5) is 13.2 Å². The van der Waals surface area contributed by atoms with Crippen LogP contribution in [0.3, 0.4) is 0 Å². The van der Waals surface area contributed by atoms with E-state index in [2.05, 4.69) is 10.1 Å². The minimum absolute atomic E-state index is 0.159. The summed E-state index contributed by atoms with van der Waals surface area (Å²) in [6, 6.07) is 0.722. The van der Waals surface area contributed by atoms with Crippen LogP contribution in [0.15, 0.2) is 11.0 Å². The zero-order valence-corrected chi connectivity index (χ0v) is 9.89. The van der Waals surface area contributed by atoms with Gasteiger partial charge < -0.3 is 0 Å². The van der Waals surface area contributed by atoms with Crippen LogP contribution in [0.5, 0.6) is 0 Å². The molecule has 0 aromatic carbocycles. The Labute approximate surface area is 96.9 Å². The maximum atomic E-state index is 13.0. The van der Waals surface area contributed by atoms with E-state index in [9.17, 15) is 21.6 Å². The number of alkyl halides is 2. The summed E-state index contributed by atoms with van der Waals surface area (Å²) in [4.78, 5) is 1.96. The summed E-state index contributed by atoms with van der Waals surface area (Å²) < 4.78 is 58.9. The molecular weight excluding hydrogens is 348 g/mol. The van der Waals surface area contributed by atoms with Crippen molar-refractivity contribution in [2.24, 2.45) is 5.14 Å². The number of sulfonamides is 1. The molecule has 0 bridgehead atoms. The van der Waals surface area contributed by atoms with Gasteiger partial charge in [0.15, 0.2) is 0 Å². The first-order chi connectivity index (χ1) is 6.73. The predicted octanol–water partition coefficient (Wildman–Crippen LogP) is 1.41. The van der Waals surface area contributed by atoms with Crippen molar-refractivity contribution in [3.63, 3.8) is 0 Å². The average molecular weight is 352 g/mol. The van der Waals surface area contributed by atoms with E-state index in [1.165, 1.54) is 22.6 Å². The fourth-order valence-electron chi connectivity index (χ4n) is 0.815. The molecule has 0 fully saturated rings. The predicted molar refractivity (Wildman–Crippen MR) is 53.2 cm³/mol. The summed E-state index contributed by atoms with van der Waals surface area (Å²) in [5.41, 5.74) is -0.805. The Morgan fingerprint density at radius 1 is 1.47 bits per heavy atom. The van der Waals surface area contributed by atoms with Crippen molar-refractivity contribution in [1.82, 2.24) is 4.98 Å². The molecule has 2 N–H and O–H groups in total. The number of halogens is 4. The first kappa shape index (κ1) is 12.6. The van der Waals surface area contributed by atoms with Crippen molar-refractivity contribution >= 4 is 32.6 Å². The molecule has 0 amide bonds. The summed E-state index contributed by atoms with van der Waals surface area (Å²) in [5.74, 6) is -1.52. The van der Waals surface area contributed by atoms with Gasteiger partial charge in [0.25, 0.3) is 6.43 Å². The molecule has 9 heteroatoms. The lowest BCUT2D eigenvalue weighted by Gasteiger charge is -2.05. The van der Waals surface area contributed by atoms with Gasteiger partial charge in [-0.3, -0.25) is 0 Å². The van der Waals surface area contributed by atoms with Crippen LogP contribution in [-0.2, 0) is 10.0 Å². The van der Waals surface area contributed by atoms with E-state index in [1.54, 1.807) is 0 Å². The second-order valence-corrected chi connectivity index (χ2v) is 5.18. The van der Waals surface area contributed by atoms with Crippen LogP contribution < -0.4 is 5.14 Å². The van der Waals surface area contributed by atoms with E-state index in [4.69, 9.17) is 0 Å². The molecule has 0 aliphatic carbocycles. The van der Waals surface area contributed by atoms with Gasteiger partial charge in [0.2, 0.25) is 16.0 Å². The maximum Gasteiger partial charge on any atom is 0.281 e. The Bertz CT molecular complexity index is 491. The summed E-state index contributed by atoms with van der Waals surface area (Å²) >= 11 is 1.43. The second kappa shape index (κ2) is 4.22. The van der Waals surface area contributed by atoms with E-state index in [0.29, 0.717) is 0 Å². The summed E-state index contributed by atoms with van der Waals surface area (Å²) in [5, 5.41) is 4.65. The van der Waals surface area contributed by atoms with Crippen LogP contribution in [0.2, 0.25) is 0 Å². The van der Waals surface area contributed by atoms with Crippen LogP contribution in [-0.4, -0.2) is 13.4 Å². The van der Waals surface area contributed by atoms with E-state index >= 15 is 0 Å². The molecular formula is C6H4F3IN2O2S. The molecule has 1 aromatic heterocycles. The molecule has 84 valence electrons. The van der Waals surface area contributed by atoms with E-state index in [1.807, 2.05) is 0 Å². The third kappa shape index (κ3) is 2.78. The maximum absolute atomic E-state index is 13.0. The molecule has 1 heterocycles. The molecule has 0 aliphatic rings. The van der Waals surface area contributed by atoms with Gasteiger partial charge in [0, 0.05) is 3.57 Å². The second-order valence-electron chi connectivity index (χ2n) is 2.49. The zero-order valence-electron chi connectivity index (χ0n) is 6.92. The number of nitrogens with zero attached hydrogens (tertiary/aromatic N) is 1. The van der Waals surface area contributed by atoms with Crippen molar-refractivity contribution in [2.45, 2.75) is 11.3 Å². The number of hydrogen-bond acceptors (Lipinski definition) is 3. The van der Waals surface area contributed by atoms with Crippen LogP contribution in [0.25, 0.3) is 0 Å². The third-order valence-electron chi connectivity index (χ3n) is 1.44. The van der Waals surface area contributed by atoms with Crippen molar-refractivity contribution in [3.8, 4) is 0 Å². The molecule has 0 unspecified atom stereocenters. The largest absolute Gasteiger partial charge is 0.281 e. The van der Waals surface area contributed by atoms with Gasteiger partial charge in [-0.25, -0.2) is 27.3 Å². The lowest BCUT2D eigenvalue weighted by atomic mass is 10.3. The third-order valence-corrected chi connectivity index (χ3v) is 3.20. The van der Waals surface area contributed by atoms with Gasteiger partial charge in [0.05, 0.1) is 0 Å². The lowest BCUT2D eigenvalue weighted by Crippen LogP contribution is -2.16. The molecule has 1 rings (SSSR count). The van der Waals surface area contributed by atoms with Gasteiger partial charge >= 0.3 is 0 Å². The van der Waals surface area contributed by atoms with Crippen LogP contribution in [0, 0.1) is 9.52 Å². The van der Waals surface area contributed by atoms with Gasteiger partial charge in [-0.15, -0.1) is 0 Å². The molecule has 15 heavy (non-hydrogen) atoms. The number of primary sulfonamides is 1. The van der Waals surface area contributed by atoms with Gasteiger partial charge in [-0.2, -0.15) is 4.39 Å². The molecule has 1 aromatic rings. The molecule has 0 radical (unpaired) electrons. The van der Waals surface area contributed by atoms with Gasteiger partial charge in [-0.05, 0) is 28.7 Å². The minimum atomic E-state index is -4.29. The number of pyridine rings is 1. The van der Waals surface area contributed by atoms with Crippen molar-refractivity contribution in [1.29, 1.82) is 0 Å². The Kier molecular flexibility index (Phi) is 3.55. The summed E-state index contributed by atoms with van der Waals surface area (Å²) in [6.45, 7) is 0. The SMILES string of the molecule is NS(=O)(=O)c1cc(I)c(C(F)F)nc1F. The molecule has 0 atom stereocenters.